The van der Waals surface area contributed by atoms with Crippen molar-refractivity contribution in [3.63, 3.8) is 0 Å². The van der Waals surface area contributed by atoms with Gasteiger partial charge in [-0.2, -0.15) is 0 Å². The minimum absolute atomic E-state index is 0.218. The zero-order valence-corrected chi connectivity index (χ0v) is 11.5. The van der Waals surface area contributed by atoms with Crippen molar-refractivity contribution in [1.29, 1.82) is 0 Å². The van der Waals surface area contributed by atoms with Crippen LogP contribution in [-0.4, -0.2) is 9.97 Å². The third-order valence-corrected chi connectivity index (χ3v) is 3.45. The van der Waals surface area contributed by atoms with E-state index in [0.29, 0.717) is 0 Å². The first-order chi connectivity index (χ1) is 9.84. The largest absolute Gasteiger partial charge is 0.305 e. The molecule has 2 aromatic heterocycles. The van der Waals surface area contributed by atoms with Gasteiger partial charge >= 0.3 is 0 Å². The summed E-state index contributed by atoms with van der Waals surface area (Å²) in [4.78, 5) is 8.85. The standard InChI is InChI=1S/C17H17N3/c1-13(16-9-2-3-10-18-16)20-12-15-7-4-6-14-8-5-11-19-17(14)15/h2-11,13,20H,12H2,1H3. The van der Waals surface area contributed by atoms with Crippen LogP contribution in [0.25, 0.3) is 10.9 Å². The lowest BCUT2D eigenvalue weighted by Gasteiger charge is -2.14. The fourth-order valence-corrected chi connectivity index (χ4v) is 2.31. The van der Waals surface area contributed by atoms with E-state index in [1.165, 1.54) is 10.9 Å². The van der Waals surface area contributed by atoms with Crippen molar-refractivity contribution < 1.29 is 0 Å². The van der Waals surface area contributed by atoms with Gasteiger partial charge in [0.25, 0.3) is 0 Å². The molecule has 0 saturated heterocycles. The van der Waals surface area contributed by atoms with Crippen LogP contribution in [0.4, 0.5) is 0 Å². The van der Waals surface area contributed by atoms with Crippen molar-refractivity contribution in [3.8, 4) is 0 Å². The molecule has 20 heavy (non-hydrogen) atoms. The average Bonchev–Trinajstić information content (AvgIpc) is 2.53. The zero-order chi connectivity index (χ0) is 13.8. The van der Waals surface area contributed by atoms with Gasteiger partial charge in [-0.1, -0.05) is 30.3 Å². The molecule has 3 nitrogen and oxygen atoms in total. The van der Waals surface area contributed by atoms with E-state index in [1.807, 2.05) is 36.7 Å². The number of pyridine rings is 2. The third-order valence-electron chi connectivity index (χ3n) is 3.45. The first-order valence-corrected chi connectivity index (χ1v) is 6.81. The maximum atomic E-state index is 4.48. The second-order valence-electron chi connectivity index (χ2n) is 4.85. The molecule has 3 aromatic rings. The van der Waals surface area contributed by atoms with E-state index in [0.717, 1.165) is 17.8 Å². The van der Waals surface area contributed by atoms with Gasteiger partial charge in [0.1, 0.15) is 0 Å². The summed E-state index contributed by atoms with van der Waals surface area (Å²) in [5, 5.41) is 4.68. The minimum Gasteiger partial charge on any atom is -0.305 e. The van der Waals surface area contributed by atoms with Crippen molar-refractivity contribution in [2.45, 2.75) is 19.5 Å². The van der Waals surface area contributed by atoms with Gasteiger partial charge in [-0.15, -0.1) is 0 Å². The minimum atomic E-state index is 0.218. The summed E-state index contributed by atoms with van der Waals surface area (Å²) < 4.78 is 0. The summed E-state index contributed by atoms with van der Waals surface area (Å²) in [5.74, 6) is 0. The van der Waals surface area contributed by atoms with Gasteiger partial charge in [-0.05, 0) is 30.7 Å². The van der Waals surface area contributed by atoms with Crippen molar-refractivity contribution >= 4 is 10.9 Å². The second-order valence-corrected chi connectivity index (χ2v) is 4.85. The van der Waals surface area contributed by atoms with Crippen LogP contribution in [0.2, 0.25) is 0 Å². The Kier molecular flexibility index (Phi) is 3.70. The molecule has 1 atom stereocenters. The molecule has 1 aromatic carbocycles. The second kappa shape index (κ2) is 5.80. The Morgan fingerprint density at radius 2 is 1.80 bits per heavy atom. The third kappa shape index (κ3) is 2.68. The van der Waals surface area contributed by atoms with Crippen LogP contribution >= 0.6 is 0 Å². The SMILES string of the molecule is CC(NCc1cccc2cccnc12)c1ccccn1. The van der Waals surface area contributed by atoms with E-state index >= 15 is 0 Å². The molecule has 0 amide bonds. The number of hydrogen-bond donors (Lipinski definition) is 1. The lowest BCUT2D eigenvalue weighted by Crippen LogP contribution is -2.19. The van der Waals surface area contributed by atoms with E-state index in [-0.39, 0.29) is 6.04 Å². The quantitative estimate of drug-likeness (QED) is 0.783. The molecular weight excluding hydrogens is 246 g/mol. The topological polar surface area (TPSA) is 37.8 Å². The zero-order valence-electron chi connectivity index (χ0n) is 11.5. The number of aromatic nitrogens is 2. The van der Waals surface area contributed by atoms with Crippen LogP contribution in [0, 0.1) is 0 Å². The fourth-order valence-electron chi connectivity index (χ4n) is 2.31. The number of para-hydroxylation sites is 1. The number of benzene rings is 1. The predicted octanol–water partition coefficient (Wildman–Crippen LogP) is 3.48. The van der Waals surface area contributed by atoms with Gasteiger partial charge in [0.05, 0.1) is 11.2 Å². The van der Waals surface area contributed by atoms with Crippen LogP contribution in [-0.2, 0) is 6.54 Å². The Bertz CT molecular complexity index is 689. The summed E-state index contributed by atoms with van der Waals surface area (Å²) in [7, 11) is 0. The molecule has 0 aliphatic carbocycles. The van der Waals surface area contributed by atoms with Crippen LogP contribution in [0.15, 0.2) is 60.9 Å². The molecule has 0 aliphatic heterocycles. The van der Waals surface area contributed by atoms with Gasteiger partial charge in [0, 0.05) is 30.4 Å². The number of nitrogens with zero attached hydrogens (tertiary/aromatic N) is 2. The molecule has 0 bridgehead atoms. The molecule has 2 heterocycles. The van der Waals surface area contributed by atoms with E-state index in [1.54, 1.807) is 0 Å². The molecule has 1 unspecified atom stereocenters. The van der Waals surface area contributed by atoms with Crippen molar-refractivity contribution in [2.75, 3.05) is 0 Å². The van der Waals surface area contributed by atoms with Crippen molar-refractivity contribution in [3.05, 3.63) is 72.2 Å². The highest BCUT2D eigenvalue weighted by Gasteiger charge is 2.07. The molecule has 3 rings (SSSR count). The molecule has 0 radical (unpaired) electrons. The van der Waals surface area contributed by atoms with Gasteiger partial charge in [-0.3, -0.25) is 9.97 Å². The number of rotatable bonds is 4. The van der Waals surface area contributed by atoms with E-state index in [9.17, 15) is 0 Å². The Morgan fingerprint density at radius 1 is 0.950 bits per heavy atom. The molecule has 0 fully saturated rings. The summed E-state index contributed by atoms with van der Waals surface area (Å²) in [5.41, 5.74) is 3.34. The monoisotopic (exact) mass is 263 g/mol. The highest BCUT2D eigenvalue weighted by molar-refractivity contribution is 5.81. The molecule has 0 spiro atoms. The lowest BCUT2D eigenvalue weighted by molar-refractivity contribution is 0.563. The number of fused-ring (bicyclic) bond motifs is 1. The Labute approximate surface area is 118 Å². The fraction of sp³-hybridized carbons (Fsp3) is 0.176. The van der Waals surface area contributed by atoms with E-state index in [2.05, 4.69) is 46.5 Å². The summed E-state index contributed by atoms with van der Waals surface area (Å²) in [6.45, 7) is 2.91. The average molecular weight is 263 g/mol. The first-order valence-electron chi connectivity index (χ1n) is 6.81. The summed E-state index contributed by atoms with van der Waals surface area (Å²) >= 11 is 0. The molecule has 0 saturated carbocycles. The molecule has 100 valence electrons. The van der Waals surface area contributed by atoms with Crippen LogP contribution in [0.5, 0.6) is 0 Å². The van der Waals surface area contributed by atoms with Crippen LogP contribution in [0.3, 0.4) is 0 Å². The highest BCUT2D eigenvalue weighted by Crippen LogP contribution is 2.17. The van der Waals surface area contributed by atoms with Crippen molar-refractivity contribution in [1.82, 2.24) is 15.3 Å². The maximum Gasteiger partial charge on any atom is 0.0746 e. The lowest BCUT2D eigenvalue weighted by atomic mass is 10.1. The predicted molar refractivity (Wildman–Crippen MR) is 81.2 cm³/mol. The van der Waals surface area contributed by atoms with Crippen LogP contribution < -0.4 is 5.32 Å². The first kappa shape index (κ1) is 12.8. The van der Waals surface area contributed by atoms with Gasteiger partial charge in [-0.25, -0.2) is 0 Å². The maximum absolute atomic E-state index is 4.48. The summed E-state index contributed by atoms with van der Waals surface area (Å²) in [6, 6.07) is 16.6. The number of nitrogens with one attached hydrogen (secondary N) is 1. The molecule has 1 N–H and O–H groups in total. The van der Waals surface area contributed by atoms with Gasteiger partial charge in [0.2, 0.25) is 0 Å². The van der Waals surface area contributed by atoms with E-state index < -0.39 is 0 Å². The highest BCUT2D eigenvalue weighted by atomic mass is 14.9. The summed E-state index contributed by atoms with van der Waals surface area (Å²) in [6.07, 6.45) is 3.67. The Balaban J connectivity index is 1.77. The Hall–Kier alpha value is -2.26. The molecule has 0 aliphatic rings. The molecular formula is C17H17N3. The van der Waals surface area contributed by atoms with Crippen molar-refractivity contribution in [2.24, 2.45) is 0 Å². The van der Waals surface area contributed by atoms with Gasteiger partial charge in [0.15, 0.2) is 0 Å². The smallest absolute Gasteiger partial charge is 0.0746 e. The number of hydrogen-bond acceptors (Lipinski definition) is 3. The Morgan fingerprint density at radius 3 is 2.65 bits per heavy atom. The van der Waals surface area contributed by atoms with Crippen LogP contribution in [0.1, 0.15) is 24.2 Å². The normalized spacial score (nSPS) is 12.4. The molecule has 3 heteroatoms. The van der Waals surface area contributed by atoms with E-state index in [4.69, 9.17) is 0 Å². The van der Waals surface area contributed by atoms with Gasteiger partial charge < -0.3 is 5.32 Å².